The summed E-state index contributed by atoms with van der Waals surface area (Å²) in [4.78, 5) is 25.9. The van der Waals surface area contributed by atoms with Crippen LogP contribution < -0.4 is 0 Å². The van der Waals surface area contributed by atoms with E-state index in [9.17, 15) is 9.59 Å². The van der Waals surface area contributed by atoms with Crippen LogP contribution in [0.15, 0.2) is 66.2 Å². The number of amides is 2. The lowest BCUT2D eigenvalue weighted by Gasteiger charge is -2.20. The highest BCUT2D eigenvalue weighted by Crippen LogP contribution is 2.29. The van der Waals surface area contributed by atoms with Crippen LogP contribution >= 0.6 is 0 Å². The Morgan fingerprint density at radius 1 is 1.09 bits per heavy atom. The number of benzene rings is 2. The van der Waals surface area contributed by atoms with Gasteiger partial charge in [0.25, 0.3) is 5.91 Å². The van der Waals surface area contributed by atoms with Crippen LogP contribution in [0.3, 0.4) is 0 Å². The second-order valence-electron chi connectivity index (χ2n) is 5.42. The molecular formula is C19H17NO3. The average molecular weight is 307 g/mol. The van der Waals surface area contributed by atoms with E-state index >= 15 is 0 Å². The molecule has 2 aromatic carbocycles. The molecule has 0 spiro atoms. The molecule has 0 aromatic heterocycles. The van der Waals surface area contributed by atoms with E-state index in [2.05, 4.69) is 0 Å². The molecule has 0 aliphatic carbocycles. The van der Waals surface area contributed by atoms with Crippen molar-refractivity contribution in [2.24, 2.45) is 0 Å². The Morgan fingerprint density at radius 2 is 1.70 bits per heavy atom. The van der Waals surface area contributed by atoms with Crippen molar-refractivity contribution in [3.8, 4) is 0 Å². The maximum absolute atomic E-state index is 12.7. The van der Waals surface area contributed by atoms with E-state index in [0.29, 0.717) is 5.57 Å². The highest BCUT2D eigenvalue weighted by molar-refractivity contribution is 6.05. The zero-order valence-electron chi connectivity index (χ0n) is 12.8. The van der Waals surface area contributed by atoms with Gasteiger partial charge in [0.15, 0.2) is 0 Å². The normalized spacial score (nSPS) is 18.0. The maximum Gasteiger partial charge on any atom is 0.417 e. The number of nitrogens with zero attached hydrogens (tertiary/aromatic N) is 1. The smallest absolute Gasteiger partial charge is 0.417 e. The van der Waals surface area contributed by atoms with E-state index in [-0.39, 0.29) is 18.6 Å². The van der Waals surface area contributed by atoms with Crippen LogP contribution in [-0.2, 0) is 9.53 Å². The molecule has 0 radical (unpaired) electrons. The molecule has 1 atom stereocenters. The third kappa shape index (κ3) is 3.16. The van der Waals surface area contributed by atoms with Crippen LogP contribution in [-0.4, -0.2) is 23.5 Å². The lowest BCUT2D eigenvalue weighted by atomic mass is 10.1. The van der Waals surface area contributed by atoms with Crippen LogP contribution in [0.2, 0.25) is 0 Å². The number of imide groups is 1. The minimum atomic E-state index is -0.593. The Morgan fingerprint density at radius 3 is 2.35 bits per heavy atom. The molecule has 1 aliphatic heterocycles. The molecule has 0 saturated carbocycles. The number of carbonyl (C=O) groups is 2. The number of hydrogen-bond acceptors (Lipinski definition) is 3. The van der Waals surface area contributed by atoms with Crippen molar-refractivity contribution in [1.82, 2.24) is 4.90 Å². The molecule has 2 amide bonds. The molecular weight excluding hydrogens is 290 g/mol. The van der Waals surface area contributed by atoms with Gasteiger partial charge in [-0.05, 0) is 24.1 Å². The molecule has 116 valence electrons. The first-order valence-corrected chi connectivity index (χ1v) is 7.45. The first-order valence-electron chi connectivity index (χ1n) is 7.45. The fraction of sp³-hybridized carbons (Fsp3) is 0.158. The van der Waals surface area contributed by atoms with Crippen LogP contribution in [0.5, 0.6) is 0 Å². The van der Waals surface area contributed by atoms with Crippen LogP contribution in [0.1, 0.15) is 24.1 Å². The van der Waals surface area contributed by atoms with Gasteiger partial charge in [-0.1, -0.05) is 60.7 Å². The first kappa shape index (κ1) is 15.0. The predicted octanol–water partition coefficient (Wildman–Crippen LogP) is 3.81. The Balaban J connectivity index is 1.87. The van der Waals surface area contributed by atoms with Gasteiger partial charge < -0.3 is 4.74 Å². The van der Waals surface area contributed by atoms with Crippen molar-refractivity contribution >= 4 is 18.1 Å². The van der Waals surface area contributed by atoms with E-state index in [1.54, 1.807) is 13.0 Å². The van der Waals surface area contributed by atoms with Crippen molar-refractivity contribution in [3.05, 3.63) is 77.4 Å². The van der Waals surface area contributed by atoms with Gasteiger partial charge in [-0.15, -0.1) is 0 Å². The summed E-state index contributed by atoms with van der Waals surface area (Å²) in [6, 6.07) is 18.6. The zero-order valence-corrected chi connectivity index (χ0v) is 12.8. The van der Waals surface area contributed by atoms with Crippen molar-refractivity contribution in [3.63, 3.8) is 0 Å². The van der Waals surface area contributed by atoms with E-state index in [1.807, 2.05) is 60.7 Å². The Labute approximate surface area is 135 Å². The third-order valence-electron chi connectivity index (χ3n) is 3.80. The van der Waals surface area contributed by atoms with E-state index in [0.717, 1.165) is 11.1 Å². The molecule has 0 N–H and O–H groups in total. The third-order valence-corrected chi connectivity index (χ3v) is 3.80. The standard InChI is InChI=1S/C19H17NO3/c1-14(12-15-8-4-2-5-9-15)18(21)20-17(13-23-19(20)22)16-10-6-3-7-11-16/h2-12,17H,13H2,1H3/b14-12+/t17-/m0/s1. The predicted molar refractivity (Wildman–Crippen MR) is 87.5 cm³/mol. The Kier molecular flexibility index (Phi) is 4.24. The van der Waals surface area contributed by atoms with Crippen LogP contribution in [0.25, 0.3) is 6.08 Å². The second-order valence-corrected chi connectivity index (χ2v) is 5.42. The highest BCUT2D eigenvalue weighted by atomic mass is 16.6. The maximum atomic E-state index is 12.7. The van der Waals surface area contributed by atoms with Crippen molar-refractivity contribution in [2.75, 3.05) is 6.61 Å². The summed E-state index contributed by atoms with van der Waals surface area (Å²) in [6.45, 7) is 1.90. The molecule has 4 nitrogen and oxygen atoms in total. The van der Waals surface area contributed by atoms with Crippen LogP contribution in [0.4, 0.5) is 4.79 Å². The molecule has 23 heavy (non-hydrogen) atoms. The lowest BCUT2D eigenvalue weighted by molar-refractivity contribution is -0.125. The molecule has 1 fully saturated rings. The van der Waals surface area contributed by atoms with Crippen LogP contribution in [0, 0.1) is 0 Å². The lowest BCUT2D eigenvalue weighted by Crippen LogP contribution is -2.34. The summed E-state index contributed by atoms with van der Waals surface area (Å²) in [7, 11) is 0. The number of cyclic esters (lactones) is 1. The molecule has 4 heteroatoms. The number of hydrogen-bond donors (Lipinski definition) is 0. The molecule has 0 bridgehead atoms. The fourth-order valence-electron chi connectivity index (χ4n) is 2.62. The number of carbonyl (C=O) groups excluding carboxylic acids is 2. The Hall–Kier alpha value is -2.88. The van der Waals surface area contributed by atoms with Gasteiger partial charge in [0.05, 0.1) is 0 Å². The van der Waals surface area contributed by atoms with Crippen molar-refractivity contribution < 1.29 is 14.3 Å². The minimum Gasteiger partial charge on any atom is -0.446 e. The van der Waals surface area contributed by atoms with Crippen molar-refractivity contribution in [2.45, 2.75) is 13.0 Å². The van der Waals surface area contributed by atoms with E-state index < -0.39 is 6.09 Å². The minimum absolute atomic E-state index is 0.188. The molecule has 1 aliphatic rings. The largest absolute Gasteiger partial charge is 0.446 e. The second kappa shape index (κ2) is 6.48. The molecule has 3 rings (SSSR count). The summed E-state index contributed by atoms with van der Waals surface area (Å²) in [6.07, 6.45) is 1.18. The first-order chi connectivity index (χ1) is 11.2. The van der Waals surface area contributed by atoms with Gasteiger partial charge in [-0.2, -0.15) is 0 Å². The monoisotopic (exact) mass is 307 g/mol. The highest BCUT2D eigenvalue weighted by Gasteiger charge is 2.39. The summed E-state index contributed by atoms with van der Waals surface area (Å²) < 4.78 is 5.09. The summed E-state index contributed by atoms with van der Waals surface area (Å²) in [5.41, 5.74) is 2.30. The molecule has 0 unspecified atom stereocenters. The van der Waals surface area contributed by atoms with Crippen molar-refractivity contribution in [1.29, 1.82) is 0 Å². The SMILES string of the molecule is C/C(=C\c1ccccc1)C(=O)N1C(=O)OC[C@H]1c1ccccc1. The van der Waals surface area contributed by atoms with Gasteiger partial charge in [-0.25, -0.2) is 9.69 Å². The van der Waals surface area contributed by atoms with Gasteiger partial charge in [0.2, 0.25) is 0 Å². The topological polar surface area (TPSA) is 46.6 Å². The quantitative estimate of drug-likeness (QED) is 0.810. The molecule has 1 saturated heterocycles. The van der Waals surface area contributed by atoms with E-state index in [4.69, 9.17) is 4.74 Å². The average Bonchev–Trinajstić information content (AvgIpc) is 2.97. The van der Waals surface area contributed by atoms with Gasteiger partial charge in [-0.3, -0.25) is 4.79 Å². The fourth-order valence-corrected chi connectivity index (χ4v) is 2.62. The van der Waals surface area contributed by atoms with Gasteiger partial charge in [0.1, 0.15) is 12.6 Å². The number of ether oxygens (including phenoxy) is 1. The Bertz CT molecular complexity index is 738. The molecule has 1 heterocycles. The number of rotatable bonds is 3. The van der Waals surface area contributed by atoms with Gasteiger partial charge in [0, 0.05) is 5.57 Å². The summed E-state index contributed by atoms with van der Waals surface area (Å²) >= 11 is 0. The van der Waals surface area contributed by atoms with E-state index in [1.165, 1.54) is 4.90 Å². The van der Waals surface area contributed by atoms with Gasteiger partial charge >= 0.3 is 6.09 Å². The zero-order chi connectivity index (χ0) is 16.2. The summed E-state index contributed by atoms with van der Waals surface area (Å²) in [5.74, 6) is -0.329. The molecule has 2 aromatic rings. The summed E-state index contributed by atoms with van der Waals surface area (Å²) in [5, 5.41) is 0.